The Morgan fingerprint density at radius 3 is 2.56 bits per heavy atom. The van der Waals surface area contributed by atoms with Crippen LogP contribution in [-0.4, -0.2) is 102 Å². The van der Waals surface area contributed by atoms with Crippen molar-refractivity contribution in [3.63, 3.8) is 0 Å². The third-order valence-electron chi connectivity index (χ3n) is 5.44. The summed E-state index contributed by atoms with van der Waals surface area (Å²) in [5.41, 5.74) is 6.28. The Morgan fingerprint density at radius 1 is 1.17 bits per heavy atom. The molecule has 0 aliphatic carbocycles. The maximum absolute atomic E-state index is 13.5. The normalized spacial score (nSPS) is 16.8. The van der Waals surface area contributed by atoms with Crippen LogP contribution in [0, 0.1) is 0 Å². The SMILES string of the molecule is C=N/C=C1/C(=O)C(NCCN(C)C)=C2Sc3ccccc3N2C1=NCCCN(C)CCNC.NC=O. The van der Waals surface area contributed by atoms with E-state index < -0.39 is 0 Å². The maximum Gasteiger partial charge on any atom is 0.216 e. The van der Waals surface area contributed by atoms with Gasteiger partial charge >= 0.3 is 0 Å². The lowest BCUT2D eigenvalue weighted by molar-refractivity contribution is -0.112. The minimum absolute atomic E-state index is 0.0856. The molecule has 11 heteroatoms. The number of carbonyl (C=O) groups is 2. The average Bonchev–Trinajstić information content (AvgIpc) is 3.23. The molecule has 2 aliphatic rings. The van der Waals surface area contributed by atoms with Gasteiger partial charge in [-0.2, -0.15) is 0 Å². The summed E-state index contributed by atoms with van der Waals surface area (Å²) in [5, 5.41) is 7.43. The van der Waals surface area contributed by atoms with Gasteiger partial charge in [0, 0.05) is 43.8 Å². The first kappa shape index (κ1) is 29.2. The molecule has 2 aliphatic heterocycles. The minimum atomic E-state index is -0.0856. The van der Waals surface area contributed by atoms with Crippen molar-refractivity contribution < 1.29 is 9.59 Å². The highest BCUT2D eigenvalue weighted by Crippen LogP contribution is 2.49. The number of rotatable bonds is 12. The van der Waals surface area contributed by atoms with E-state index in [4.69, 9.17) is 9.79 Å². The molecule has 0 atom stereocenters. The summed E-state index contributed by atoms with van der Waals surface area (Å²) in [4.78, 5) is 38.5. The molecule has 1 aromatic carbocycles. The Bertz CT molecular complexity index is 1010. The van der Waals surface area contributed by atoms with Gasteiger partial charge in [0.05, 0.1) is 11.3 Å². The van der Waals surface area contributed by atoms with Crippen LogP contribution >= 0.6 is 11.8 Å². The van der Waals surface area contributed by atoms with E-state index in [0.717, 1.165) is 48.2 Å². The molecule has 0 fully saturated rings. The van der Waals surface area contributed by atoms with Crippen molar-refractivity contribution >= 4 is 42.2 Å². The van der Waals surface area contributed by atoms with Crippen molar-refractivity contribution in [2.75, 3.05) is 72.4 Å². The van der Waals surface area contributed by atoms with Gasteiger partial charge in [0.15, 0.2) is 0 Å². The highest BCUT2D eigenvalue weighted by Gasteiger charge is 2.41. The molecule has 1 aromatic rings. The zero-order chi connectivity index (χ0) is 26.5. The largest absolute Gasteiger partial charge is 0.378 e. The molecule has 0 unspecified atom stereocenters. The topological polar surface area (TPSA) is 119 Å². The van der Waals surface area contributed by atoms with Crippen LogP contribution in [0.1, 0.15) is 6.42 Å². The number of amides is 1. The smallest absolute Gasteiger partial charge is 0.216 e. The molecule has 4 N–H and O–H groups in total. The predicted molar refractivity (Wildman–Crippen MR) is 150 cm³/mol. The first-order valence-electron chi connectivity index (χ1n) is 11.8. The Labute approximate surface area is 218 Å². The summed E-state index contributed by atoms with van der Waals surface area (Å²) in [7, 11) is 8.11. The number of allylic oxidation sites excluding steroid dienone is 1. The molecule has 0 bridgehead atoms. The summed E-state index contributed by atoms with van der Waals surface area (Å²) >= 11 is 1.61. The number of carbonyl (C=O) groups excluding carboxylic acids is 2. The number of primary amides is 1. The molecular weight excluding hydrogens is 476 g/mol. The number of nitrogens with one attached hydrogen (secondary N) is 2. The zero-order valence-electron chi connectivity index (χ0n) is 21.7. The number of amidine groups is 1. The highest BCUT2D eigenvalue weighted by molar-refractivity contribution is 8.03. The van der Waals surface area contributed by atoms with Gasteiger partial charge < -0.3 is 26.2 Å². The molecule has 0 aromatic heterocycles. The molecule has 0 radical (unpaired) electrons. The number of thioether (sulfide) groups is 1. The molecule has 0 spiro atoms. The predicted octanol–water partition coefficient (Wildman–Crippen LogP) is 1.13. The van der Waals surface area contributed by atoms with E-state index in [0.29, 0.717) is 30.2 Å². The van der Waals surface area contributed by atoms with Gasteiger partial charge in [0.1, 0.15) is 16.6 Å². The number of hydrogen-bond acceptors (Lipinski definition) is 9. The number of nitrogens with zero attached hydrogens (tertiary/aromatic N) is 5. The number of para-hydroxylation sites is 1. The fraction of sp³-hybridized carbons (Fsp3) is 0.440. The van der Waals surface area contributed by atoms with E-state index in [1.165, 1.54) is 6.20 Å². The van der Waals surface area contributed by atoms with Crippen LogP contribution in [0.4, 0.5) is 5.69 Å². The monoisotopic (exact) mass is 514 g/mol. The van der Waals surface area contributed by atoms with Crippen LogP contribution < -0.4 is 21.3 Å². The fourth-order valence-electron chi connectivity index (χ4n) is 3.68. The highest BCUT2D eigenvalue weighted by atomic mass is 32.2. The zero-order valence-corrected chi connectivity index (χ0v) is 22.5. The van der Waals surface area contributed by atoms with Crippen molar-refractivity contribution in [1.82, 2.24) is 20.4 Å². The molecule has 2 heterocycles. The number of anilines is 1. The van der Waals surface area contributed by atoms with Crippen LogP contribution in [0.3, 0.4) is 0 Å². The van der Waals surface area contributed by atoms with Gasteiger partial charge in [0.2, 0.25) is 12.2 Å². The number of likely N-dealkylation sites (N-methyl/N-ethyl adjacent to an activating group) is 3. The van der Waals surface area contributed by atoms with Crippen LogP contribution in [0.15, 0.2) is 61.6 Å². The number of hydrogen-bond donors (Lipinski definition) is 3. The van der Waals surface area contributed by atoms with E-state index in [1.807, 2.05) is 33.3 Å². The van der Waals surface area contributed by atoms with Crippen molar-refractivity contribution in [1.29, 1.82) is 0 Å². The van der Waals surface area contributed by atoms with E-state index in [9.17, 15) is 4.79 Å². The number of benzene rings is 1. The van der Waals surface area contributed by atoms with Gasteiger partial charge in [-0.05, 0) is 60.0 Å². The molecule has 196 valence electrons. The third-order valence-corrected chi connectivity index (χ3v) is 6.58. The number of nitrogens with two attached hydrogens (primary N) is 1. The number of Topliss-reactive ketones (excluding diaryl/α,β-unsaturated/α-hetero) is 1. The Morgan fingerprint density at radius 2 is 1.89 bits per heavy atom. The molecule has 1 amide bonds. The number of fused-ring (bicyclic) bond motifs is 3. The van der Waals surface area contributed by atoms with Gasteiger partial charge in [-0.25, -0.2) is 0 Å². The lowest BCUT2D eigenvalue weighted by atomic mass is 10.0. The molecule has 10 nitrogen and oxygen atoms in total. The summed E-state index contributed by atoms with van der Waals surface area (Å²) in [6, 6.07) is 8.19. The summed E-state index contributed by atoms with van der Waals surface area (Å²) in [5.74, 6) is 0.563. The van der Waals surface area contributed by atoms with E-state index in [-0.39, 0.29) is 12.2 Å². The van der Waals surface area contributed by atoms with Crippen LogP contribution in [-0.2, 0) is 9.59 Å². The second-order valence-electron chi connectivity index (χ2n) is 8.47. The van der Waals surface area contributed by atoms with Crippen molar-refractivity contribution in [3.8, 4) is 0 Å². The lowest BCUT2D eigenvalue weighted by Gasteiger charge is -2.31. The number of ketones is 1. The summed E-state index contributed by atoms with van der Waals surface area (Å²) < 4.78 is 0. The Kier molecular flexibility index (Phi) is 12.3. The fourth-order valence-corrected chi connectivity index (χ4v) is 4.84. The maximum atomic E-state index is 13.5. The first-order valence-corrected chi connectivity index (χ1v) is 12.6. The molecule has 36 heavy (non-hydrogen) atoms. The third kappa shape index (κ3) is 7.76. The second-order valence-corrected chi connectivity index (χ2v) is 9.50. The summed E-state index contributed by atoms with van der Waals surface area (Å²) in [6.45, 7) is 8.60. The second kappa shape index (κ2) is 15.2. The van der Waals surface area contributed by atoms with Crippen molar-refractivity contribution in [2.24, 2.45) is 15.7 Å². The van der Waals surface area contributed by atoms with Gasteiger partial charge in [0.25, 0.3) is 0 Å². The van der Waals surface area contributed by atoms with Crippen molar-refractivity contribution in [3.05, 3.63) is 46.8 Å². The molecule has 0 saturated heterocycles. The average molecular weight is 515 g/mol. The van der Waals surface area contributed by atoms with Crippen LogP contribution in [0.5, 0.6) is 0 Å². The first-order chi connectivity index (χ1) is 17.4. The van der Waals surface area contributed by atoms with E-state index in [1.54, 1.807) is 11.8 Å². The minimum Gasteiger partial charge on any atom is -0.378 e. The van der Waals surface area contributed by atoms with Gasteiger partial charge in [-0.3, -0.25) is 24.5 Å². The molecule has 3 rings (SSSR count). The van der Waals surface area contributed by atoms with Crippen LogP contribution in [0.25, 0.3) is 0 Å². The molecular formula is C25H38N8O2S. The van der Waals surface area contributed by atoms with Gasteiger partial charge in [-0.1, -0.05) is 23.9 Å². The van der Waals surface area contributed by atoms with E-state index in [2.05, 4.69) is 62.0 Å². The lowest BCUT2D eigenvalue weighted by Crippen LogP contribution is -2.42. The quantitative estimate of drug-likeness (QED) is 0.164. The number of aliphatic imine (C=N–C) groups is 2. The van der Waals surface area contributed by atoms with Gasteiger partial charge in [-0.15, -0.1) is 0 Å². The van der Waals surface area contributed by atoms with Crippen molar-refractivity contribution in [2.45, 2.75) is 11.3 Å². The molecule has 0 saturated carbocycles. The Hall–Kier alpha value is -2.99. The van der Waals surface area contributed by atoms with Crippen LogP contribution in [0.2, 0.25) is 0 Å². The summed E-state index contributed by atoms with van der Waals surface area (Å²) in [6.07, 6.45) is 2.69. The Balaban J connectivity index is 0.00000145. The van der Waals surface area contributed by atoms with E-state index >= 15 is 0 Å². The standard InChI is InChI=1S/C24H35N7OS.CH3NO/c1-25-12-16-30(5)14-8-11-28-23-18(17-26-2)22(32)21(27-13-15-29(3)4)24-31(23)19-9-6-7-10-20(19)33-24;2-1-3/h6-7,9-10,17,25,27H,2,8,11-16H2,1,3-5H3;1H,(H2,2,3)/b18-17-,28-23?;.